The highest BCUT2D eigenvalue weighted by Gasteiger charge is 2.12. The van der Waals surface area contributed by atoms with Crippen molar-refractivity contribution in [2.24, 2.45) is 5.92 Å². The maximum atomic E-state index is 12.3. The van der Waals surface area contributed by atoms with Crippen LogP contribution in [0.5, 0.6) is 0 Å². The summed E-state index contributed by atoms with van der Waals surface area (Å²) in [6.07, 6.45) is 6.60. The van der Waals surface area contributed by atoms with E-state index < -0.39 is 15.8 Å². The van der Waals surface area contributed by atoms with Crippen molar-refractivity contribution >= 4 is 39.2 Å². The molecule has 1 aromatic carbocycles. The Morgan fingerprint density at radius 3 is 2.29 bits per heavy atom. The number of nitrogens with one attached hydrogen (secondary N) is 1. The topological polar surface area (TPSA) is 101 Å². The zero-order chi connectivity index (χ0) is 23.1. The summed E-state index contributed by atoms with van der Waals surface area (Å²) >= 11 is 1.55. The molecule has 0 radical (unpaired) electrons. The van der Waals surface area contributed by atoms with E-state index in [0.29, 0.717) is 18.6 Å². The van der Waals surface area contributed by atoms with Crippen LogP contribution in [0.2, 0.25) is 0 Å². The SMILES string of the molecule is CC(C)CS(=O)(=O)CCCCCCCCC(=O)Nc1ccccc1SCCCC(=O)O. The summed E-state index contributed by atoms with van der Waals surface area (Å²) in [7, 11) is -2.92. The van der Waals surface area contributed by atoms with Crippen LogP contribution in [0, 0.1) is 5.92 Å². The van der Waals surface area contributed by atoms with Crippen LogP contribution in [0.4, 0.5) is 5.69 Å². The molecule has 8 heteroatoms. The van der Waals surface area contributed by atoms with Crippen molar-refractivity contribution in [1.29, 1.82) is 0 Å². The molecular formula is C23H37NO5S2. The second-order valence-corrected chi connectivity index (χ2v) is 11.6. The molecule has 1 aromatic rings. The number of thioether (sulfide) groups is 1. The van der Waals surface area contributed by atoms with Crippen LogP contribution in [0.1, 0.15) is 71.6 Å². The van der Waals surface area contributed by atoms with Crippen molar-refractivity contribution in [2.75, 3.05) is 22.6 Å². The first-order valence-electron chi connectivity index (χ1n) is 11.1. The van der Waals surface area contributed by atoms with Gasteiger partial charge in [-0.1, -0.05) is 51.7 Å². The molecule has 0 aliphatic carbocycles. The monoisotopic (exact) mass is 471 g/mol. The average Bonchev–Trinajstić information content (AvgIpc) is 2.67. The van der Waals surface area contributed by atoms with E-state index in [2.05, 4.69) is 5.32 Å². The van der Waals surface area contributed by atoms with Crippen LogP contribution in [-0.4, -0.2) is 42.7 Å². The van der Waals surface area contributed by atoms with Gasteiger partial charge in [-0.25, -0.2) is 8.42 Å². The second kappa shape index (κ2) is 15.3. The zero-order valence-corrected chi connectivity index (χ0v) is 20.4. The number of benzene rings is 1. The number of sulfone groups is 1. The van der Waals surface area contributed by atoms with Crippen molar-refractivity contribution in [3.8, 4) is 0 Å². The predicted molar refractivity (Wildman–Crippen MR) is 128 cm³/mol. The van der Waals surface area contributed by atoms with Gasteiger partial charge in [0, 0.05) is 17.7 Å². The van der Waals surface area contributed by atoms with Gasteiger partial charge in [-0.2, -0.15) is 0 Å². The summed E-state index contributed by atoms with van der Waals surface area (Å²) < 4.78 is 23.7. The molecule has 176 valence electrons. The Morgan fingerprint density at radius 1 is 0.968 bits per heavy atom. The van der Waals surface area contributed by atoms with Crippen molar-refractivity contribution in [3.63, 3.8) is 0 Å². The largest absolute Gasteiger partial charge is 0.481 e. The first-order chi connectivity index (χ1) is 14.7. The summed E-state index contributed by atoms with van der Waals surface area (Å²) in [5.41, 5.74) is 0.774. The number of carbonyl (C=O) groups excluding carboxylic acids is 1. The van der Waals surface area contributed by atoms with Gasteiger partial charge < -0.3 is 10.4 Å². The molecule has 0 heterocycles. The summed E-state index contributed by atoms with van der Waals surface area (Å²) in [5.74, 6) is 0.612. The van der Waals surface area contributed by atoms with Crippen LogP contribution < -0.4 is 5.32 Å². The van der Waals surface area contributed by atoms with Crippen LogP contribution in [0.25, 0.3) is 0 Å². The maximum Gasteiger partial charge on any atom is 0.303 e. The van der Waals surface area contributed by atoms with E-state index in [0.717, 1.165) is 49.1 Å². The predicted octanol–water partition coefficient (Wildman–Crippen LogP) is 5.38. The Bertz CT molecular complexity index is 778. The number of rotatable bonds is 17. The Labute approximate surface area is 191 Å². The van der Waals surface area contributed by atoms with Gasteiger partial charge in [0.1, 0.15) is 0 Å². The van der Waals surface area contributed by atoms with Crippen molar-refractivity contribution in [2.45, 2.75) is 76.5 Å². The summed E-state index contributed by atoms with van der Waals surface area (Å²) in [6.45, 7) is 3.85. The lowest BCUT2D eigenvalue weighted by Crippen LogP contribution is -2.15. The van der Waals surface area contributed by atoms with E-state index in [9.17, 15) is 18.0 Å². The molecule has 2 N–H and O–H groups in total. The maximum absolute atomic E-state index is 12.3. The molecule has 0 fully saturated rings. The van der Waals surface area contributed by atoms with E-state index in [1.54, 1.807) is 11.8 Å². The zero-order valence-electron chi connectivity index (χ0n) is 18.8. The molecule has 0 unspecified atom stereocenters. The van der Waals surface area contributed by atoms with Crippen molar-refractivity contribution < 1.29 is 23.1 Å². The third-order valence-corrected chi connectivity index (χ3v) is 7.90. The standard InChI is InChI=1S/C23H37NO5S2/c1-19(2)18-31(28,29)17-10-6-4-3-5-7-14-22(25)24-20-12-8-9-13-21(20)30-16-11-15-23(26)27/h8-9,12-13,19H,3-7,10-11,14-18H2,1-2H3,(H,24,25)(H,26,27). The van der Waals surface area contributed by atoms with Crippen LogP contribution >= 0.6 is 11.8 Å². The third-order valence-electron chi connectivity index (χ3n) is 4.65. The first kappa shape index (κ1) is 27.5. The van der Waals surface area contributed by atoms with Crippen LogP contribution in [0.15, 0.2) is 29.2 Å². The summed E-state index contributed by atoms with van der Waals surface area (Å²) in [5, 5.41) is 11.7. The van der Waals surface area contributed by atoms with Gasteiger partial charge in [0.15, 0.2) is 9.84 Å². The lowest BCUT2D eigenvalue weighted by atomic mass is 10.1. The van der Waals surface area contributed by atoms with Crippen molar-refractivity contribution in [1.82, 2.24) is 0 Å². The second-order valence-electron chi connectivity index (χ2n) is 8.27. The van der Waals surface area contributed by atoms with Gasteiger partial charge in [0.05, 0.1) is 17.2 Å². The molecule has 6 nitrogen and oxygen atoms in total. The quantitative estimate of drug-likeness (QED) is 0.234. The normalized spacial score (nSPS) is 11.6. The van der Waals surface area contributed by atoms with Gasteiger partial charge in [-0.15, -0.1) is 11.8 Å². The number of carbonyl (C=O) groups is 2. The lowest BCUT2D eigenvalue weighted by molar-refractivity contribution is -0.137. The number of hydrogen-bond donors (Lipinski definition) is 2. The number of hydrogen-bond acceptors (Lipinski definition) is 5. The average molecular weight is 472 g/mol. The molecule has 0 aromatic heterocycles. The van der Waals surface area contributed by atoms with Gasteiger partial charge in [-0.05, 0) is 43.1 Å². The Balaban J connectivity index is 2.19. The number of carboxylic acid groups (broad SMARTS) is 1. The number of amides is 1. The third kappa shape index (κ3) is 14.2. The van der Waals surface area contributed by atoms with E-state index in [4.69, 9.17) is 5.11 Å². The highest BCUT2D eigenvalue weighted by Crippen LogP contribution is 2.28. The molecule has 0 bridgehead atoms. The molecule has 31 heavy (non-hydrogen) atoms. The minimum atomic E-state index is -2.92. The van der Waals surface area contributed by atoms with E-state index in [-0.39, 0.29) is 29.8 Å². The highest BCUT2D eigenvalue weighted by molar-refractivity contribution is 7.99. The fraction of sp³-hybridized carbons (Fsp3) is 0.652. The molecule has 0 spiro atoms. The molecule has 0 saturated heterocycles. The Morgan fingerprint density at radius 2 is 1.61 bits per heavy atom. The fourth-order valence-electron chi connectivity index (χ4n) is 3.22. The van der Waals surface area contributed by atoms with Gasteiger partial charge >= 0.3 is 5.97 Å². The fourth-order valence-corrected chi connectivity index (χ4v) is 6.00. The van der Waals surface area contributed by atoms with E-state index >= 15 is 0 Å². The van der Waals surface area contributed by atoms with E-state index in [1.807, 2.05) is 38.1 Å². The highest BCUT2D eigenvalue weighted by atomic mass is 32.2. The molecule has 0 saturated carbocycles. The minimum Gasteiger partial charge on any atom is -0.481 e. The van der Waals surface area contributed by atoms with Crippen molar-refractivity contribution in [3.05, 3.63) is 24.3 Å². The summed E-state index contributed by atoms with van der Waals surface area (Å²) in [6, 6.07) is 7.58. The number of unbranched alkanes of at least 4 members (excludes halogenated alkanes) is 5. The number of carboxylic acids is 1. The van der Waals surface area contributed by atoms with Crippen LogP contribution in [-0.2, 0) is 19.4 Å². The van der Waals surface area contributed by atoms with Gasteiger partial charge in [0.25, 0.3) is 0 Å². The van der Waals surface area contributed by atoms with Crippen LogP contribution in [0.3, 0.4) is 0 Å². The Hall–Kier alpha value is -1.54. The van der Waals surface area contributed by atoms with Gasteiger partial charge in [0.2, 0.25) is 5.91 Å². The summed E-state index contributed by atoms with van der Waals surface area (Å²) in [4.78, 5) is 23.8. The first-order valence-corrected chi connectivity index (χ1v) is 13.9. The molecule has 1 rings (SSSR count). The number of aliphatic carboxylic acids is 1. The minimum absolute atomic E-state index is 0.0154. The number of para-hydroxylation sites is 1. The molecule has 0 aliphatic rings. The number of anilines is 1. The smallest absolute Gasteiger partial charge is 0.303 e. The molecule has 0 aliphatic heterocycles. The molecule has 1 amide bonds. The van der Waals surface area contributed by atoms with E-state index in [1.165, 1.54) is 0 Å². The molecule has 0 atom stereocenters. The lowest BCUT2D eigenvalue weighted by Gasteiger charge is -2.10. The molecular weight excluding hydrogens is 434 g/mol. The Kier molecular flexibility index (Phi) is 13.6. The van der Waals surface area contributed by atoms with Gasteiger partial charge in [-0.3, -0.25) is 9.59 Å².